The molecule has 1 heterocycles. The average molecular weight is 351 g/mol. The summed E-state index contributed by atoms with van der Waals surface area (Å²) in [4.78, 5) is 16.3. The fourth-order valence-electron chi connectivity index (χ4n) is 2.55. The zero-order valence-electron chi connectivity index (χ0n) is 14.9. The van der Waals surface area contributed by atoms with Crippen LogP contribution >= 0.6 is 0 Å². The average Bonchev–Trinajstić information content (AvgIpc) is 3.14. The van der Waals surface area contributed by atoms with Gasteiger partial charge in [-0.2, -0.15) is 4.98 Å². The van der Waals surface area contributed by atoms with Crippen LogP contribution in [0.1, 0.15) is 23.4 Å². The first-order valence-electron chi connectivity index (χ1n) is 8.43. The molecule has 0 radical (unpaired) electrons. The second-order valence-corrected chi connectivity index (χ2v) is 6.01. The predicted octanol–water partition coefficient (Wildman–Crippen LogP) is 3.30. The number of aromatic nitrogens is 2. The van der Waals surface area contributed by atoms with Crippen molar-refractivity contribution in [1.29, 1.82) is 0 Å². The highest BCUT2D eigenvalue weighted by Crippen LogP contribution is 2.20. The Balaban J connectivity index is 1.50. The molecule has 0 bridgehead atoms. The van der Waals surface area contributed by atoms with Crippen LogP contribution < -0.4 is 10.1 Å². The fraction of sp³-hybridized carbons (Fsp3) is 0.250. The first-order chi connectivity index (χ1) is 12.6. The molecular weight excluding hydrogens is 330 g/mol. The van der Waals surface area contributed by atoms with Crippen molar-refractivity contribution in [2.24, 2.45) is 0 Å². The van der Waals surface area contributed by atoms with Gasteiger partial charge >= 0.3 is 0 Å². The molecule has 1 N–H and O–H groups in total. The van der Waals surface area contributed by atoms with Gasteiger partial charge in [-0.3, -0.25) is 4.79 Å². The summed E-state index contributed by atoms with van der Waals surface area (Å²) in [6.45, 7) is 2.54. The van der Waals surface area contributed by atoms with Gasteiger partial charge in [0.2, 0.25) is 17.6 Å². The lowest BCUT2D eigenvalue weighted by Crippen LogP contribution is -2.23. The number of ether oxygens (including phenoxy) is 1. The van der Waals surface area contributed by atoms with Crippen molar-refractivity contribution in [3.63, 3.8) is 0 Å². The van der Waals surface area contributed by atoms with Gasteiger partial charge < -0.3 is 14.6 Å². The van der Waals surface area contributed by atoms with Crippen molar-refractivity contribution >= 4 is 5.91 Å². The summed E-state index contributed by atoms with van der Waals surface area (Å²) in [5, 5.41) is 6.87. The first-order valence-corrected chi connectivity index (χ1v) is 8.43. The lowest BCUT2D eigenvalue weighted by Gasteiger charge is -2.05. The molecule has 134 valence electrons. The molecule has 0 aliphatic carbocycles. The Labute approximate surface area is 152 Å². The van der Waals surface area contributed by atoms with Crippen molar-refractivity contribution in [2.75, 3.05) is 7.11 Å². The van der Waals surface area contributed by atoms with E-state index in [9.17, 15) is 4.79 Å². The quantitative estimate of drug-likeness (QED) is 0.707. The third-order valence-electron chi connectivity index (χ3n) is 3.95. The molecule has 6 heteroatoms. The second kappa shape index (κ2) is 8.29. The van der Waals surface area contributed by atoms with E-state index >= 15 is 0 Å². The van der Waals surface area contributed by atoms with Crippen LogP contribution in [0.4, 0.5) is 0 Å². The second-order valence-electron chi connectivity index (χ2n) is 6.01. The molecule has 3 aromatic rings. The van der Waals surface area contributed by atoms with Crippen LogP contribution in [-0.2, 0) is 17.8 Å². The van der Waals surface area contributed by atoms with E-state index in [0.717, 1.165) is 16.9 Å². The van der Waals surface area contributed by atoms with E-state index in [-0.39, 0.29) is 5.91 Å². The van der Waals surface area contributed by atoms with Crippen LogP contribution in [-0.4, -0.2) is 23.2 Å². The molecule has 0 fully saturated rings. The number of benzene rings is 2. The summed E-state index contributed by atoms with van der Waals surface area (Å²) in [5.74, 6) is 1.67. The summed E-state index contributed by atoms with van der Waals surface area (Å²) < 4.78 is 10.4. The standard InChI is InChI=1S/C20H21N3O3/c1-14-4-3-5-15(12-14)13-21-18(24)10-11-19-22-20(23-26-19)16-6-8-17(25-2)9-7-16/h3-9,12H,10-11,13H2,1-2H3,(H,21,24). The normalized spacial score (nSPS) is 10.5. The Morgan fingerprint density at radius 1 is 1.19 bits per heavy atom. The van der Waals surface area contributed by atoms with Crippen molar-refractivity contribution in [3.05, 3.63) is 65.5 Å². The maximum Gasteiger partial charge on any atom is 0.227 e. The van der Waals surface area contributed by atoms with Gasteiger partial charge in [-0.15, -0.1) is 0 Å². The Morgan fingerprint density at radius 3 is 2.73 bits per heavy atom. The van der Waals surface area contributed by atoms with E-state index in [1.54, 1.807) is 7.11 Å². The molecule has 3 rings (SSSR count). The number of hydrogen-bond acceptors (Lipinski definition) is 5. The summed E-state index contributed by atoms with van der Waals surface area (Å²) in [5.41, 5.74) is 3.09. The molecule has 0 aliphatic rings. The number of carbonyl (C=O) groups excluding carboxylic acids is 1. The smallest absolute Gasteiger partial charge is 0.227 e. The highest BCUT2D eigenvalue weighted by atomic mass is 16.5. The monoisotopic (exact) mass is 351 g/mol. The number of hydrogen-bond donors (Lipinski definition) is 1. The minimum atomic E-state index is -0.0456. The minimum Gasteiger partial charge on any atom is -0.497 e. The van der Waals surface area contributed by atoms with Crippen LogP contribution in [0.3, 0.4) is 0 Å². The topological polar surface area (TPSA) is 77.2 Å². The Bertz CT molecular complexity index is 872. The Morgan fingerprint density at radius 2 is 2.00 bits per heavy atom. The summed E-state index contributed by atoms with van der Waals surface area (Å²) in [7, 11) is 1.62. The van der Waals surface area contributed by atoms with Crippen molar-refractivity contribution in [3.8, 4) is 17.1 Å². The van der Waals surface area contributed by atoms with E-state index in [0.29, 0.717) is 31.1 Å². The van der Waals surface area contributed by atoms with Gasteiger partial charge in [0.15, 0.2) is 0 Å². The van der Waals surface area contributed by atoms with Gasteiger partial charge in [0.1, 0.15) is 5.75 Å². The van der Waals surface area contributed by atoms with E-state index in [2.05, 4.69) is 21.5 Å². The summed E-state index contributed by atoms with van der Waals surface area (Å²) in [6, 6.07) is 15.5. The molecule has 1 aromatic heterocycles. The molecule has 6 nitrogen and oxygen atoms in total. The number of nitrogens with zero attached hydrogens (tertiary/aromatic N) is 2. The van der Waals surface area contributed by atoms with E-state index in [4.69, 9.17) is 9.26 Å². The molecule has 1 amide bonds. The molecule has 0 saturated carbocycles. The van der Waals surface area contributed by atoms with Crippen LogP contribution in [0.25, 0.3) is 11.4 Å². The lowest BCUT2D eigenvalue weighted by atomic mass is 10.1. The van der Waals surface area contributed by atoms with Gasteiger partial charge in [0, 0.05) is 24.9 Å². The van der Waals surface area contributed by atoms with Crippen LogP contribution in [0, 0.1) is 6.92 Å². The molecule has 26 heavy (non-hydrogen) atoms. The first kappa shape index (κ1) is 17.7. The fourth-order valence-corrected chi connectivity index (χ4v) is 2.55. The zero-order chi connectivity index (χ0) is 18.4. The molecular formula is C20H21N3O3. The van der Waals surface area contributed by atoms with Crippen LogP contribution in [0.2, 0.25) is 0 Å². The SMILES string of the molecule is COc1ccc(-c2noc(CCC(=O)NCc3cccc(C)c3)n2)cc1. The van der Waals surface area contributed by atoms with E-state index < -0.39 is 0 Å². The number of aryl methyl sites for hydroxylation is 2. The highest BCUT2D eigenvalue weighted by Gasteiger charge is 2.11. The molecule has 0 unspecified atom stereocenters. The number of rotatable bonds is 7. The summed E-state index contributed by atoms with van der Waals surface area (Å²) in [6.07, 6.45) is 0.707. The molecule has 0 atom stereocenters. The minimum absolute atomic E-state index is 0.0456. The third kappa shape index (κ3) is 4.69. The molecule has 0 aliphatic heterocycles. The summed E-state index contributed by atoms with van der Waals surface area (Å²) >= 11 is 0. The zero-order valence-corrected chi connectivity index (χ0v) is 14.9. The largest absolute Gasteiger partial charge is 0.497 e. The molecule has 0 saturated heterocycles. The Kier molecular flexibility index (Phi) is 5.63. The number of nitrogens with one attached hydrogen (secondary N) is 1. The van der Waals surface area contributed by atoms with Crippen LogP contribution in [0.15, 0.2) is 53.1 Å². The lowest BCUT2D eigenvalue weighted by molar-refractivity contribution is -0.121. The molecule has 2 aromatic carbocycles. The highest BCUT2D eigenvalue weighted by molar-refractivity contribution is 5.76. The van der Waals surface area contributed by atoms with Crippen molar-refractivity contribution in [2.45, 2.75) is 26.3 Å². The maximum atomic E-state index is 12.0. The maximum absolute atomic E-state index is 12.0. The van der Waals surface area contributed by atoms with E-state index in [1.165, 1.54) is 5.56 Å². The van der Waals surface area contributed by atoms with Crippen molar-refractivity contribution < 1.29 is 14.1 Å². The van der Waals surface area contributed by atoms with Crippen molar-refractivity contribution in [1.82, 2.24) is 15.5 Å². The van der Waals surface area contributed by atoms with Crippen LogP contribution in [0.5, 0.6) is 5.75 Å². The molecule has 0 spiro atoms. The predicted molar refractivity (Wildman–Crippen MR) is 97.6 cm³/mol. The number of methoxy groups -OCH3 is 1. The van der Waals surface area contributed by atoms with Gasteiger partial charge in [-0.05, 0) is 36.8 Å². The van der Waals surface area contributed by atoms with E-state index in [1.807, 2.05) is 49.4 Å². The number of carbonyl (C=O) groups is 1. The number of amides is 1. The van der Waals surface area contributed by atoms with Gasteiger partial charge in [0.05, 0.1) is 7.11 Å². The van der Waals surface area contributed by atoms with Gasteiger partial charge in [-0.1, -0.05) is 35.0 Å². The van der Waals surface area contributed by atoms with Gasteiger partial charge in [0.25, 0.3) is 0 Å². The Hall–Kier alpha value is -3.15. The third-order valence-corrected chi connectivity index (χ3v) is 3.95. The van der Waals surface area contributed by atoms with Gasteiger partial charge in [-0.25, -0.2) is 0 Å².